The predicted octanol–water partition coefficient (Wildman–Crippen LogP) is 8.32. The molecule has 1 radical (unpaired) electrons. The van der Waals surface area contributed by atoms with Crippen molar-refractivity contribution in [2.24, 2.45) is 0 Å². The van der Waals surface area contributed by atoms with Crippen LogP contribution in [0.2, 0.25) is 0 Å². The van der Waals surface area contributed by atoms with Crippen LogP contribution in [0.3, 0.4) is 0 Å². The van der Waals surface area contributed by atoms with E-state index in [1.54, 1.807) is 0 Å². The van der Waals surface area contributed by atoms with Crippen LogP contribution in [0.15, 0.2) is 188 Å². The Morgan fingerprint density at radius 3 is 0.957 bits per heavy atom. The van der Waals surface area contributed by atoms with E-state index in [0.29, 0.717) is 0 Å². The number of benzene rings is 6. The summed E-state index contributed by atoms with van der Waals surface area (Å²) in [5, 5.41) is 2.26. The Bertz CT molecular complexity index is 1950. The second kappa shape index (κ2) is 15.1. The molecular formula is C42H31AsAuN2. The molecule has 225 valence electrons. The summed E-state index contributed by atoms with van der Waals surface area (Å²) in [7, 11) is 0. The van der Waals surface area contributed by atoms with Gasteiger partial charge in [0.05, 0.1) is 11.0 Å². The first kappa shape index (κ1) is 31.4. The first-order chi connectivity index (χ1) is 22.4. The van der Waals surface area contributed by atoms with Crippen LogP contribution in [0.1, 0.15) is 0 Å². The molecule has 2 nitrogen and oxygen atoms in total. The van der Waals surface area contributed by atoms with E-state index in [2.05, 4.69) is 174 Å². The average Bonchev–Trinajstić information content (AvgIpc) is 3.13. The van der Waals surface area contributed by atoms with Crippen LogP contribution < -0.4 is 13.1 Å². The number of nitrogens with zero attached hydrogens (tertiary/aromatic N) is 2. The fourth-order valence-corrected chi connectivity index (χ4v) is 10.6. The van der Waals surface area contributed by atoms with Gasteiger partial charge in [0.2, 0.25) is 0 Å². The van der Waals surface area contributed by atoms with Gasteiger partial charge >= 0.3 is 119 Å². The van der Waals surface area contributed by atoms with E-state index in [4.69, 9.17) is 0 Å². The molecule has 0 aliphatic carbocycles. The van der Waals surface area contributed by atoms with Crippen molar-refractivity contribution in [1.82, 2.24) is 9.97 Å². The van der Waals surface area contributed by atoms with Crippen molar-refractivity contribution in [2.75, 3.05) is 0 Å². The standard InChI is InChI=1S/C24H16N2.C18H15As.Au/c1-3-7-17(8-4-1)19-13-15-25-23-21(19)11-12-22-20(14-16-26-24(22)23)18-9-5-2-6-10-18;1-4-10-16(11-5-1)19(17-12-6-2-7-13-17)18-14-8-3-9-15-18;/h1-16H;1-15H;. The van der Waals surface area contributed by atoms with Crippen LogP contribution in [0.5, 0.6) is 0 Å². The van der Waals surface area contributed by atoms with Gasteiger partial charge in [-0.15, -0.1) is 0 Å². The third-order valence-corrected chi connectivity index (χ3v) is 13.0. The summed E-state index contributed by atoms with van der Waals surface area (Å²) in [6, 6.07) is 62.0. The Labute approximate surface area is 290 Å². The van der Waals surface area contributed by atoms with E-state index in [9.17, 15) is 0 Å². The average molecular weight is 836 g/mol. The van der Waals surface area contributed by atoms with E-state index in [0.717, 1.165) is 21.8 Å². The number of hydrogen-bond acceptors (Lipinski definition) is 2. The molecule has 2 aromatic heterocycles. The molecule has 0 spiro atoms. The zero-order valence-electron chi connectivity index (χ0n) is 25.0. The van der Waals surface area contributed by atoms with Gasteiger partial charge in [0.15, 0.2) is 0 Å². The van der Waals surface area contributed by atoms with Gasteiger partial charge in [-0.1, -0.05) is 72.8 Å². The molecule has 0 unspecified atom stereocenters. The Balaban J connectivity index is 0.000000166. The van der Waals surface area contributed by atoms with Crippen molar-refractivity contribution >= 4 is 49.5 Å². The van der Waals surface area contributed by atoms with Crippen molar-refractivity contribution < 1.29 is 22.4 Å². The number of pyridine rings is 2. The van der Waals surface area contributed by atoms with Crippen molar-refractivity contribution in [1.29, 1.82) is 0 Å². The van der Waals surface area contributed by atoms with Gasteiger partial charge in [0.25, 0.3) is 0 Å². The van der Waals surface area contributed by atoms with Gasteiger partial charge < -0.3 is 0 Å². The van der Waals surface area contributed by atoms with Gasteiger partial charge in [-0.2, -0.15) is 0 Å². The Morgan fingerprint density at radius 1 is 0.326 bits per heavy atom. The summed E-state index contributed by atoms with van der Waals surface area (Å²) in [5.41, 5.74) is 6.65. The van der Waals surface area contributed by atoms with Crippen molar-refractivity contribution in [2.45, 2.75) is 0 Å². The molecule has 8 rings (SSSR count). The first-order valence-electron chi connectivity index (χ1n) is 15.1. The zero-order valence-corrected chi connectivity index (χ0v) is 29.1. The molecule has 0 saturated heterocycles. The van der Waals surface area contributed by atoms with Crippen LogP contribution >= 0.6 is 0 Å². The number of rotatable bonds is 5. The van der Waals surface area contributed by atoms with E-state index < -0.39 is 14.7 Å². The summed E-state index contributed by atoms with van der Waals surface area (Å²) in [5.74, 6) is 0. The summed E-state index contributed by atoms with van der Waals surface area (Å²) in [6.45, 7) is 0. The second-order valence-electron chi connectivity index (χ2n) is 10.6. The molecule has 0 fully saturated rings. The maximum atomic E-state index is 4.67. The van der Waals surface area contributed by atoms with Crippen molar-refractivity contribution in [3.05, 3.63) is 188 Å². The summed E-state index contributed by atoms with van der Waals surface area (Å²) in [6.07, 6.45) is 3.75. The van der Waals surface area contributed by atoms with Gasteiger partial charge in [0, 0.05) is 45.5 Å². The number of fused-ring (bicyclic) bond motifs is 3. The molecule has 0 aliphatic heterocycles. The monoisotopic (exact) mass is 835 g/mol. The fourth-order valence-electron chi connectivity index (χ4n) is 5.75. The summed E-state index contributed by atoms with van der Waals surface area (Å²) < 4.78 is 4.44. The number of aromatic nitrogens is 2. The molecule has 0 saturated carbocycles. The molecule has 0 aliphatic rings. The maximum absolute atomic E-state index is 4.67. The molecule has 4 heteroatoms. The molecule has 2 heterocycles. The van der Waals surface area contributed by atoms with Gasteiger partial charge in [-0.25, -0.2) is 0 Å². The van der Waals surface area contributed by atoms with E-state index in [1.165, 1.54) is 35.3 Å². The second-order valence-corrected chi connectivity index (χ2v) is 15.3. The molecule has 6 aromatic carbocycles. The Hall–Kier alpha value is -4.56. The van der Waals surface area contributed by atoms with Gasteiger partial charge in [0.1, 0.15) is 0 Å². The van der Waals surface area contributed by atoms with E-state index in [-0.39, 0.29) is 22.4 Å². The molecule has 0 N–H and O–H groups in total. The van der Waals surface area contributed by atoms with Crippen LogP contribution in [0, 0.1) is 0 Å². The number of hydrogen-bond donors (Lipinski definition) is 0. The van der Waals surface area contributed by atoms with Crippen molar-refractivity contribution in [3.8, 4) is 22.3 Å². The predicted molar refractivity (Wildman–Crippen MR) is 192 cm³/mol. The van der Waals surface area contributed by atoms with Crippen LogP contribution in [0.4, 0.5) is 0 Å². The minimum absolute atomic E-state index is 0. The Kier molecular flexibility index (Phi) is 10.3. The quantitative estimate of drug-likeness (QED) is 0.129. The molecule has 8 aromatic rings. The molecular weight excluding hydrogens is 804 g/mol. The van der Waals surface area contributed by atoms with Crippen molar-refractivity contribution in [3.63, 3.8) is 0 Å². The third kappa shape index (κ3) is 6.82. The molecule has 0 atom stereocenters. The van der Waals surface area contributed by atoms with E-state index >= 15 is 0 Å². The molecule has 0 bridgehead atoms. The zero-order chi connectivity index (χ0) is 30.3. The SMILES string of the molecule is [Au].c1ccc(-c2ccnc3c2ccc2c(-c4ccccc4)ccnc23)cc1.c1ccc([As](c2ccccc2)c2ccccc2)cc1. The summed E-state index contributed by atoms with van der Waals surface area (Å²) >= 11 is -1.39. The summed E-state index contributed by atoms with van der Waals surface area (Å²) in [4.78, 5) is 9.34. The minimum atomic E-state index is -1.39. The topological polar surface area (TPSA) is 25.8 Å². The van der Waals surface area contributed by atoms with E-state index in [1.807, 2.05) is 24.5 Å². The first-order valence-corrected chi connectivity index (χ1v) is 17.9. The Morgan fingerprint density at radius 2 is 0.630 bits per heavy atom. The molecule has 46 heavy (non-hydrogen) atoms. The normalized spacial score (nSPS) is 10.6. The van der Waals surface area contributed by atoms with Gasteiger partial charge in [-0.3, -0.25) is 9.97 Å². The molecule has 0 amide bonds. The fraction of sp³-hybridized carbons (Fsp3) is 0. The van der Waals surface area contributed by atoms with Crippen LogP contribution in [-0.4, -0.2) is 24.6 Å². The third-order valence-electron chi connectivity index (χ3n) is 7.83. The van der Waals surface area contributed by atoms with Crippen LogP contribution in [0.25, 0.3) is 44.1 Å². The van der Waals surface area contributed by atoms with Gasteiger partial charge in [-0.05, 0) is 34.4 Å². The van der Waals surface area contributed by atoms with Crippen LogP contribution in [-0.2, 0) is 22.4 Å².